The van der Waals surface area contributed by atoms with Crippen LogP contribution in [-0.2, 0) is 21.5 Å². The minimum atomic E-state index is -1.28. The normalized spacial score (nSPS) is 32.7. The Morgan fingerprint density at radius 3 is 2.53 bits per heavy atom. The van der Waals surface area contributed by atoms with E-state index in [4.69, 9.17) is 20.2 Å². The standard InChI is InChI=1S/C25H34FN3O3/c1-15(2)29-22(30)25(28-23(29)27)21-12-20(31-14-17-4-5-17)7-6-18(21)13-24(25)10-8-19(9-11-24)32-16(3)26/h6-7,12,15-17,19H,4-5,8-11,13-14H2,1-3H3,(H2,27,28). The predicted octanol–water partition coefficient (Wildman–Crippen LogP) is 4.05. The molecule has 2 N–H and O–H groups in total. The van der Waals surface area contributed by atoms with Crippen LogP contribution in [0.3, 0.4) is 0 Å². The fourth-order valence-corrected chi connectivity index (χ4v) is 6.07. The van der Waals surface area contributed by atoms with Crippen LogP contribution in [0.4, 0.5) is 4.39 Å². The molecular formula is C25H34FN3O3. The van der Waals surface area contributed by atoms with Crippen LogP contribution >= 0.6 is 0 Å². The highest BCUT2D eigenvalue weighted by molar-refractivity contribution is 6.08. The molecule has 0 saturated heterocycles. The van der Waals surface area contributed by atoms with Gasteiger partial charge >= 0.3 is 0 Å². The summed E-state index contributed by atoms with van der Waals surface area (Å²) in [5.74, 6) is 1.69. The number of carbonyl (C=O) groups excluding carboxylic acids is 1. The molecule has 1 heterocycles. The van der Waals surface area contributed by atoms with Crippen LogP contribution in [0.15, 0.2) is 23.2 Å². The molecule has 4 aliphatic rings. The van der Waals surface area contributed by atoms with Gasteiger partial charge in [-0.3, -0.25) is 9.69 Å². The molecule has 7 heteroatoms. The smallest absolute Gasteiger partial charge is 0.262 e. The summed E-state index contributed by atoms with van der Waals surface area (Å²) < 4.78 is 25.0. The molecule has 1 aromatic carbocycles. The zero-order chi connectivity index (χ0) is 22.7. The highest BCUT2D eigenvalue weighted by Gasteiger charge is 2.67. The molecule has 1 aromatic rings. The van der Waals surface area contributed by atoms with Gasteiger partial charge in [-0.05, 0) is 94.9 Å². The van der Waals surface area contributed by atoms with Gasteiger partial charge in [-0.1, -0.05) is 6.07 Å². The van der Waals surface area contributed by atoms with Crippen molar-refractivity contribution in [1.29, 1.82) is 0 Å². The molecule has 1 amide bonds. The quantitative estimate of drug-likeness (QED) is 0.720. The number of nitrogens with two attached hydrogens (primary N) is 1. The Labute approximate surface area is 189 Å². The summed E-state index contributed by atoms with van der Waals surface area (Å²) in [7, 11) is 0. The summed E-state index contributed by atoms with van der Waals surface area (Å²) in [6.07, 6.45) is 4.70. The fraction of sp³-hybridized carbons (Fsp3) is 0.680. The van der Waals surface area contributed by atoms with Gasteiger partial charge in [-0.15, -0.1) is 0 Å². The van der Waals surface area contributed by atoms with Crippen LogP contribution in [0.2, 0.25) is 0 Å². The second-order valence-corrected chi connectivity index (χ2v) is 10.4. The van der Waals surface area contributed by atoms with Gasteiger partial charge in [-0.2, -0.15) is 0 Å². The van der Waals surface area contributed by atoms with Crippen molar-refractivity contribution in [2.75, 3.05) is 6.61 Å². The van der Waals surface area contributed by atoms with E-state index < -0.39 is 11.9 Å². The summed E-state index contributed by atoms with van der Waals surface area (Å²) in [5.41, 5.74) is 7.01. The van der Waals surface area contributed by atoms with E-state index in [9.17, 15) is 9.18 Å². The number of hydrogen-bond donors (Lipinski definition) is 1. The fourth-order valence-electron chi connectivity index (χ4n) is 6.07. The van der Waals surface area contributed by atoms with Crippen LogP contribution in [0, 0.1) is 11.3 Å². The van der Waals surface area contributed by atoms with E-state index >= 15 is 0 Å². The lowest BCUT2D eigenvalue weighted by atomic mass is 9.61. The lowest BCUT2D eigenvalue weighted by molar-refractivity contribution is -0.142. The van der Waals surface area contributed by atoms with Gasteiger partial charge in [0, 0.05) is 11.5 Å². The first-order chi connectivity index (χ1) is 15.3. The van der Waals surface area contributed by atoms with E-state index in [2.05, 4.69) is 6.07 Å². The topological polar surface area (TPSA) is 77.2 Å². The first-order valence-corrected chi connectivity index (χ1v) is 12.0. The average molecular weight is 444 g/mol. The lowest BCUT2D eigenvalue weighted by Crippen LogP contribution is -2.53. The zero-order valence-corrected chi connectivity index (χ0v) is 19.3. The van der Waals surface area contributed by atoms with Gasteiger partial charge in [-0.25, -0.2) is 9.38 Å². The van der Waals surface area contributed by atoms with Crippen molar-refractivity contribution in [1.82, 2.24) is 4.90 Å². The third-order valence-corrected chi connectivity index (χ3v) is 7.79. The van der Waals surface area contributed by atoms with E-state index in [1.165, 1.54) is 19.8 Å². The Hall–Kier alpha value is -2.15. The summed E-state index contributed by atoms with van der Waals surface area (Å²) in [5, 5.41) is 0. The molecular weight excluding hydrogens is 409 g/mol. The Morgan fingerprint density at radius 1 is 1.22 bits per heavy atom. The van der Waals surface area contributed by atoms with Crippen LogP contribution in [0.25, 0.3) is 0 Å². The first kappa shape index (κ1) is 21.7. The molecule has 0 aromatic heterocycles. The number of carbonyl (C=O) groups is 1. The van der Waals surface area contributed by atoms with Crippen LogP contribution in [0.5, 0.6) is 5.75 Å². The number of aliphatic imine (C=N–C) groups is 1. The van der Waals surface area contributed by atoms with Gasteiger partial charge < -0.3 is 15.2 Å². The van der Waals surface area contributed by atoms with Gasteiger partial charge in [0.1, 0.15) is 5.75 Å². The molecule has 174 valence electrons. The number of guanidine groups is 1. The van der Waals surface area contributed by atoms with Crippen molar-refractivity contribution >= 4 is 11.9 Å². The molecule has 6 nitrogen and oxygen atoms in total. The van der Waals surface area contributed by atoms with Crippen molar-refractivity contribution in [2.24, 2.45) is 22.1 Å². The van der Waals surface area contributed by atoms with Crippen molar-refractivity contribution in [3.8, 4) is 5.75 Å². The maximum absolute atomic E-state index is 14.1. The number of nitrogens with zero attached hydrogens (tertiary/aromatic N) is 2. The Balaban J connectivity index is 1.54. The third-order valence-electron chi connectivity index (χ3n) is 7.79. The molecule has 2 atom stereocenters. The lowest BCUT2D eigenvalue weighted by Gasteiger charge is -2.45. The number of rotatable bonds is 6. The van der Waals surface area contributed by atoms with Crippen LogP contribution < -0.4 is 10.5 Å². The molecule has 1 aliphatic heterocycles. The average Bonchev–Trinajstić information content (AvgIpc) is 3.47. The summed E-state index contributed by atoms with van der Waals surface area (Å²) in [6.45, 7) is 6.07. The third kappa shape index (κ3) is 3.31. The number of fused-ring (bicyclic) bond motifs is 3. The molecule has 2 fully saturated rings. The summed E-state index contributed by atoms with van der Waals surface area (Å²) >= 11 is 0. The maximum atomic E-state index is 14.1. The molecule has 5 rings (SSSR count). The van der Waals surface area contributed by atoms with Crippen molar-refractivity contribution in [3.05, 3.63) is 29.3 Å². The number of alkyl halides is 1. The summed E-state index contributed by atoms with van der Waals surface area (Å²) in [6, 6.07) is 6.06. The van der Waals surface area contributed by atoms with Crippen molar-refractivity contribution in [2.45, 2.75) is 89.8 Å². The zero-order valence-electron chi connectivity index (χ0n) is 19.3. The molecule has 3 aliphatic carbocycles. The highest BCUT2D eigenvalue weighted by atomic mass is 19.1. The molecule has 2 saturated carbocycles. The molecule has 2 spiro atoms. The second kappa shape index (κ2) is 7.72. The SMILES string of the molecule is CC(F)OC1CCC2(CC1)Cc1ccc(OCC3CC3)cc1C21N=C(N)N(C(C)C)C1=O. The number of halogens is 1. The second-order valence-electron chi connectivity index (χ2n) is 10.4. The van der Waals surface area contributed by atoms with E-state index in [-0.39, 0.29) is 29.4 Å². The van der Waals surface area contributed by atoms with Gasteiger partial charge in [0.05, 0.1) is 12.7 Å². The molecule has 0 bridgehead atoms. The minimum Gasteiger partial charge on any atom is -0.493 e. The monoisotopic (exact) mass is 443 g/mol. The Morgan fingerprint density at radius 2 is 1.94 bits per heavy atom. The first-order valence-electron chi connectivity index (χ1n) is 12.0. The number of amides is 1. The summed E-state index contributed by atoms with van der Waals surface area (Å²) in [4.78, 5) is 20.7. The maximum Gasteiger partial charge on any atom is 0.262 e. The van der Waals surface area contributed by atoms with E-state index in [1.807, 2.05) is 26.0 Å². The van der Waals surface area contributed by atoms with E-state index in [0.29, 0.717) is 18.8 Å². The minimum absolute atomic E-state index is 0.0404. The van der Waals surface area contributed by atoms with Gasteiger partial charge in [0.2, 0.25) is 0 Å². The largest absolute Gasteiger partial charge is 0.493 e. The van der Waals surface area contributed by atoms with Crippen molar-refractivity contribution < 1.29 is 18.7 Å². The van der Waals surface area contributed by atoms with Gasteiger partial charge in [0.25, 0.3) is 5.91 Å². The highest BCUT2D eigenvalue weighted by Crippen LogP contribution is 2.62. The Bertz CT molecular complexity index is 934. The van der Waals surface area contributed by atoms with Crippen LogP contribution in [0.1, 0.15) is 70.4 Å². The molecule has 32 heavy (non-hydrogen) atoms. The number of hydrogen-bond acceptors (Lipinski definition) is 5. The molecule has 0 radical (unpaired) electrons. The van der Waals surface area contributed by atoms with Crippen LogP contribution in [-0.4, -0.2) is 41.9 Å². The molecule has 2 unspecified atom stereocenters. The predicted molar refractivity (Wildman–Crippen MR) is 120 cm³/mol. The number of benzene rings is 1. The van der Waals surface area contributed by atoms with Gasteiger partial charge in [0.15, 0.2) is 17.9 Å². The Kier molecular flexibility index (Phi) is 5.23. The number of ether oxygens (including phenoxy) is 2. The van der Waals surface area contributed by atoms with E-state index in [1.54, 1.807) is 4.90 Å². The van der Waals surface area contributed by atoms with E-state index in [0.717, 1.165) is 42.7 Å². The van der Waals surface area contributed by atoms with Crippen molar-refractivity contribution in [3.63, 3.8) is 0 Å².